The summed E-state index contributed by atoms with van der Waals surface area (Å²) in [6.07, 6.45) is 0. The van der Waals surface area contributed by atoms with Crippen LogP contribution in [0.1, 0.15) is 15.9 Å². The number of hydrogen-bond donors (Lipinski definition) is 1. The zero-order valence-corrected chi connectivity index (χ0v) is 16.1. The predicted octanol–water partition coefficient (Wildman–Crippen LogP) is 5.03. The zero-order valence-electron chi connectivity index (χ0n) is 16.1. The van der Waals surface area contributed by atoms with E-state index in [1.165, 1.54) is 13.2 Å². The fourth-order valence-electron chi connectivity index (χ4n) is 3.25. The number of methoxy groups -OCH3 is 1. The van der Waals surface area contributed by atoms with Crippen LogP contribution >= 0.6 is 0 Å². The summed E-state index contributed by atoms with van der Waals surface area (Å²) in [4.78, 5) is 25.3. The minimum atomic E-state index is -0.317. The summed E-state index contributed by atoms with van der Waals surface area (Å²) in [5, 5.41) is 3.21. The molecule has 0 bridgehead atoms. The second-order valence-corrected chi connectivity index (χ2v) is 6.66. The van der Waals surface area contributed by atoms with Crippen LogP contribution in [-0.2, 0) is 0 Å². The zero-order chi connectivity index (χ0) is 20.4. The molecule has 0 unspecified atom stereocenters. The third kappa shape index (κ3) is 3.62. The van der Waals surface area contributed by atoms with Gasteiger partial charge in [-0.15, -0.1) is 0 Å². The molecular weight excluding hydrogens is 366 g/mol. The van der Waals surface area contributed by atoms with Gasteiger partial charge in [0.25, 0.3) is 5.91 Å². The highest BCUT2D eigenvalue weighted by Gasteiger charge is 2.13. The lowest BCUT2D eigenvalue weighted by atomic mass is 10.1. The number of rotatable bonds is 4. The van der Waals surface area contributed by atoms with E-state index in [-0.39, 0.29) is 11.3 Å². The fourth-order valence-corrected chi connectivity index (χ4v) is 3.25. The molecule has 0 fully saturated rings. The number of fused-ring (bicyclic) bond motifs is 1. The Labute approximate surface area is 167 Å². The summed E-state index contributed by atoms with van der Waals surface area (Å²) in [7, 11) is 1.51. The molecule has 0 saturated carbocycles. The number of ether oxygens (including phenoxy) is 1. The minimum absolute atomic E-state index is 0.169. The predicted molar refractivity (Wildman–Crippen MR) is 114 cm³/mol. The Bertz CT molecular complexity index is 1270. The average Bonchev–Trinajstić information content (AvgIpc) is 2.74. The third-order valence-corrected chi connectivity index (χ3v) is 4.75. The van der Waals surface area contributed by atoms with Crippen LogP contribution in [0.5, 0.6) is 5.75 Å². The molecule has 1 N–H and O–H groups in total. The normalized spacial score (nSPS) is 10.7. The molecule has 1 aromatic heterocycles. The van der Waals surface area contributed by atoms with Gasteiger partial charge in [0.15, 0.2) is 5.43 Å². The summed E-state index contributed by atoms with van der Waals surface area (Å²) < 4.78 is 11.2. The van der Waals surface area contributed by atoms with Crippen molar-refractivity contribution in [3.8, 4) is 17.1 Å². The van der Waals surface area contributed by atoms with Gasteiger partial charge in [-0.25, -0.2) is 0 Å². The number of nitrogens with one attached hydrogen (secondary N) is 1. The first-order chi connectivity index (χ1) is 14.1. The van der Waals surface area contributed by atoms with E-state index in [9.17, 15) is 9.59 Å². The lowest BCUT2D eigenvalue weighted by Gasteiger charge is -2.10. The molecule has 4 aromatic rings. The molecule has 1 amide bonds. The molecule has 0 atom stereocenters. The van der Waals surface area contributed by atoms with Gasteiger partial charge in [-0.05, 0) is 42.8 Å². The van der Waals surface area contributed by atoms with Crippen LogP contribution in [-0.4, -0.2) is 13.0 Å². The standard InChI is InChI=1S/C24H19NO4/c1-15-7-3-4-8-17(15)23-14-20(26)19-13-16(11-12-22(19)29-23)25-24(27)18-9-5-6-10-21(18)28-2/h3-14H,1-2H3,(H,25,27). The van der Waals surface area contributed by atoms with Crippen LogP contribution in [0.25, 0.3) is 22.3 Å². The molecule has 0 aliphatic heterocycles. The number of anilines is 1. The molecule has 1 heterocycles. The van der Waals surface area contributed by atoms with Crippen molar-refractivity contribution >= 4 is 22.6 Å². The van der Waals surface area contributed by atoms with Crippen molar-refractivity contribution in [1.82, 2.24) is 0 Å². The Hall–Kier alpha value is -3.86. The van der Waals surface area contributed by atoms with Gasteiger partial charge in [0, 0.05) is 17.3 Å². The van der Waals surface area contributed by atoms with Crippen LogP contribution in [0.2, 0.25) is 0 Å². The van der Waals surface area contributed by atoms with Crippen molar-refractivity contribution in [1.29, 1.82) is 0 Å². The molecule has 0 aliphatic rings. The van der Waals surface area contributed by atoms with Crippen molar-refractivity contribution in [3.63, 3.8) is 0 Å². The highest BCUT2D eigenvalue weighted by atomic mass is 16.5. The fraction of sp³-hybridized carbons (Fsp3) is 0.0833. The van der Waals surface area contributed by atoms with E-state index in [4.69, 9.17) is 9.15 Å². The summed E-state index contributed by atoms with van der Waals surface area (Å²) in [5.74, 6) is 0.683. The Morgan fingerprint density at radius 2 is 1.72 bits per heavy atom. The largest absolute Gasteiger partial charge is 0.496 e. The smallest absolute Gasteiger partial charge is 0.259 e. The molecular formula is C24H19NO4. The number of hydrogen-bond acceptors (Lipinski definition) is 4. The lowest BCUT2D eigenvalue weighted by Crippen LogP contribution is -2.13. The van der Waals surface area contributed by atoms with Crippen LogP contribution < -0.4 is 15.5 Å². The Balaban J connectivity index is 1.69. The maximum atomic E-state index is 12.7. The maximum absolute atomic E-state index is 12.7. The molecule has 5 heteroatoms. The number of carbonyl (C=O) groups excluding carboxylic acids is 1. The van der Waals surface area contributed by atoms with E-state index in [1.807, 2.05) is 31.2 Å². The van der Waals surface area contributed by atoms with Gasteiger partial charge in [-0.1, -0.05) is 36.4 Å². The third-order valence-electron chi connectivity index (χ3n) is 4.75. The van der Waals surface area contributed by atoms with E-state index in [0.717, 1.165) is 11.1 Å². The Kier molecular flexibility index (Phi) is 4.87. The Morgan fingerprint density at radius 3 is 2.52 bits per heavy atom. The first-order valence-corrected chi connectivity index (χ1v) is 9.15. The van der Waals surface area contributed by atoms with Crippen molar-refractivity contribution < 1.29 is 13.9 Å². The molecule has 4 rings (SSSR count). The van der Waals surface area contributed by atoms with Gasteiger partial charge in [-0.2, -0.15) is 0 Å². The summed E-state index contributed by atoms with van der Waals surface area (Å²) in [5.41, 5.74) is 3.11. The van der Waals surface area contributed by atoms with E-state index in [2.05, 4.69) is 5.32 Å². The first kappa shape index (κ1) is 18.5. The first-order valence-electron chi connectivity index (χ1n) is 9.15. The molecule has 0 spiro atoms. The second kappa shape index (κ2) is 7.64. The maximum Gasteiger partial charge on any atom is 0.259 e. The van der Waals surface area contributed by atoms with Crippen molar-refractivity contribution in [2.45, 2.75) is 6.92 Å². The topological polar surface area (TPSA) is 68.5 Å². The van der Waals surface area contributed by atoms with Crippen LogP contribution in [0.3, 0.4) is 0 Å². The van der Waals surface area contributed by atoms with E-state index in [1.54, 1.807) is 42.5 Å². The molecule has 144 valence electrons. The molecule has 0 radical (unpaired) electrons. The lowest BCUT2D eigenvalue weighted by molar-refractivity contribution is 0.102. The van der Waals surface area contributed by atoms with Crippen LogP contribution in [0.15, 0.2) is 82.0 Å². The highest BCUT2D eigenvalue weighted by molar-refractivity contribution is 6.06. The number of para-hydroxylation sites is 1. The molecule has 3 aromatic carbocycles. The van der Waals surface area contributed by atoms with E-state index >= 15 is 0 Å². The molecule has 5 nitrogen and oxygen atoms in total. The van der Waals surface area contributed by atoms with Crippen molar-refractivity contribution in [3.05, 3.63) is 94.1 Å². The van der Waals surface area contributed by atoms with Gasteiger partial charge in [0.1, 0.15) is 17.1 Å². The quantitative estimate of drug-likeness (QED) is 0.535. The van der Waals surface area contributed by atoms with Gasteiger partial charge < -0.3 is 14.5 Å². The summed E-state index contributed by atoms with van der Waals surface area (Å²) >= 11 is 0. The number of benzene rings is 3. The summed E-state index contributed by atoms with van der Waals surface area (Å²) in [6, 6.07) is 21.2. The molecule has 29 heavy (non-hydrogen) atoms. The number of carbonyl (C=O) groups is 1. The SMILES string of the molecule is COc1ccccc1C(=O)Nc1ccc2oc(-c3ccccc3C)cc(=O)c2c1. The van der Waals surface area contributed by atoms with Gasteiger partial charge in [-0.3, -0.25) is 9.59 Å². The number of aryl methyl sites for hydroxylation is 1. The van der Waals surface area contributed by atoms with Crippen molar-refractivity contribution in [2.24, 2.45) is 0 Å². The van der Waals surface area contributed by atoms with E-state index < -0.39 is 0 Å². The average molecular weight is 385 g/mol. The van der Waals surface area contributed by atoms with Gasteiger partial charge in [0.05, 0.1) is 18.1 Å². The van der Waals surface area contributed by atoms with E-state index in [0.29, 0.717) is 33.7 Å². The molecule has 0 aliphatic carbocycles. The van der Waals surface area contributed by atoms with Crippen molar-refractivity contribution in [2.75, 3.05) is 12.4 Å². The second-order valence-electron chi connectivity index (χ2n) is 6.66. The van der Waals surface area contributed by atoms with Gasteiger partial charge in [0.2, 0.25) is 0 Å². The van der Waals surface area contributed by atoms with Gasteiger partial charge >= 0.3 is 0 Å². The Morgan fingerprint density at radius 1 is 0.966 bits per heavy atom. The number of amides is 1. The highest BCUT2D eigenvalue weighted by Crippen LogP contribution is 2.26. The van der Waals surface area contributed by atoms with Crippen LogP contribution in [0.4, 0.5) is 5.69 Å². The summed E-state index contributed by atoms with van der Waals surface area (Å²) in [6.45, 7) is 1.97. The molecule has 0 saturated heterocycles. The minimum Gasteiger partial charge on any atom is -0.496 e. The monoisotopic (exact) mass is 385 g/mol. The van der Waals surface area contributed by atoms with Crippen LogP contribution in [0, 0.1) is 6.92 Å².